The molecule has 0 spiro atoms. The molecule has 178 valence electrons. The molecule has 1 heterocycles. The highest BCUT2D eigenvalue weighted by Gasteiger charge is 2.19. The first kappa shape index (κ1) is 23.5. The minimum atomic E-state index is -0.675. The lowest BCUT2D eigenvalue weighted by atomic mass is 10.1. The summed E-state index contributed by atoms with van der Waals surface area (Å²) in [5.74, 6) is -0.346. The zero-order valence-electron chi connectivity index (χ0n) is 19.4. The van der Waals surface area contributed by atoms with Gasteiger partial charge in [0.2, 0.25) is 0 Å². The number of rotatable bonds is 6. The van der Waals surface area contributed by atoms with Crippen molar-refractivity contribution in [1.82, 2.24) is 20.6 Å². The van der Waals surface area contributed by atoms with Crippen LogP contribution in [0.2, 0.25) is 0 Å². The second-order valence-electron chi connectivity index (χ2n) is 7.89. The predicted molar refractivity (Wildman–Crippen MR) is 131 cm³/mol. The lowest BCUT2D eigenvalue weighted by Crippen LogP contribution is -2.42. The van der Waals surface area contributed by atoms with Gasteiger partial charge in [-0.3, -0.25) is 25.2 Å². The first-order chi connectivity index (χ1) is 16.9. The minimum absolute atomic E-state index is 0.0115. The summed E-state index contributed by atoms with van der Waals surface area (Å²) in [5, 5.41) is 4.99. The number of amides is 2. The molecule has 0 aliphatic carbocycles. The van der Waals surface area contributed by atoms with E-state index in [1.54, 1.807) is 60.7 Å². The van der Waals surface area contributed by atoms with Crippen molar-refractivity contribution in [2.75, 3.05) is 7.11 Å². The van der Waals surface area contributed by atoms with Crippen LogP contribution in [0.1, 0.15) is 34.7 Å². The molecule has 4 rings (SSSR count). The number of hydrazine groups is 1. The molecule has 0 saturated carbocycles. The van der Waals surface area contributed by atoms with Gasteiger partial charge in [0.05, 0.1) is 24.3 Å². The number of nitrogens with one attached hydrogen (secondary N) is 2. The monoisotopic (exact) mass is 472 g/mol. The third-order valence-corrected chi connectivity index (χ3v) is 5.10. The average Bonchev–Trinajstić information content (AvgIpc) is 2.88. The van der Waals surface area contributed by atoms with E-state index in [0.717, 1.165) is 4.68 Å². The number of ether oxygens (including phenoxy) is 2. The van der Waals surface area contributed by atoms with Crippen molar-refractivity contribution >= 4 is 22.6 Å². The molecule has 2 amide bonds. The van der Waals surface area contributed by atoms with Crippen LogP contribution in [0.5, 0.6) is 11.5 Å². The molecule has 4 aromatic rings. The topological polar surface area (TPSA) is 112 Å². The van der Waals surface area contributed by atoms with Crippen LogP contribution < -0.4 is 25.9 Å². The summed E-state index contributed by atoms with van der Waals surface area (Å²) in [6, 6.07) is 20.2. The summed E-state index contributed by atoms with van der Waals surface area (Å²) in [6.07, 6.45) is -0.0654. The summed E-state index contributed by atoms with van der Waals surface area (Å²) in [5.41, 5.74) is 5.17. The Morgan fingerprint density at radius 2 is 1.51 bits per heavy atom. The van der Waals surface area contributed by atoms with Gasteiger partial charge in [-0.15, -0.1) is 0 Å². The first-order valence-electron chi connectivity index (χ1n) is 10.9. The Morgan fingerprint density at radius 1 is 0.857 bits per heavy atom. The van der Waals surface area contributed by atoms with Crippen molar-refractivity contribution in [3.8, 4) is 17.2 Å². The fraction of sp³-hybridized carbons (Fsp3) is 0.154. The van der Waals surface area contributed by atoms with Gasteiger partial charge < -0.3 is 9.47 Å². The zero-order valence-corrected chi connectivity index (χ0v) is 19.4. The van der Waals surface area contributed by atoms with E-state index in [4.69, 9.17) is 9.47 Å². The quantitative estimate of drug-likeness (QED) is 0.417. The lowest BCUT2D eigenvalue weighted by Gasteiger charge is -2.15. The van der Waals surface area contributed by atoms with E-state index in [-0.39, 0.29) is 22.9 Å². The van der Waals surface area contributed by atoms with Gasteiger partial charge in [0.25, 0.3) is 17.4 Å². The highest BCUT2D eigenvalue weighted by atomic mass is 16.5. The van der Waals surface area contributed by atoms with Gasteiger partial charge in [0.15, 0.2) is 17.2 Å². The fourth-order valence-electron chi connectivity index (χ4n) is 3.51. The number of para-hydroxylation sites is 1. The van der Waals surface area contributed by atoms with E-state index >= 15 is 0 Å². The molecule has 0 atom stereocenters. The number of fused-ring (bicyclic) bond motifs is 1. The first-order valence-corrected chi connectivity index (χ1v) is 10.9. The second kappa shape index (κ2) is 10.1. The van der Waals surface area contributed by atoms with Crippen LogP contribution in [0.3, 0.4) is 0 Å². The van der Waals surface area contributed by atoms with E-state index in [2.05, 4.69) is 16.0 Å². The maximum atomic E-state index is 13.0. The SMILES string of the molecule is COc1cc(C(=O)NNC(=O)c2nn(-c3ccccc3)c(=O)c3ccccc23)ccc1OC(C)C. The molecule has 0 aliphatic heterocycles. The molecule has 0 bridgehead atoms. The van der Waals surface area contributed by atoms with E-state index in [1.165, 1.54) is 13.2 Å². The number of nitrogens with zero attached hydrogens (tertiary/aromatic N) is 2. The van der Waals surface area contributed by atoms with Gasteiger partial charge in [0, 0.05) is 10.9 Å². The van der Waals surface area contributed by atoms with Crippen molar-refractivity contribution < 1.29 is 19.1 Å². The Bertz CT molecular complexity index is 1450. The van der Waals surface area contributed by atoms with Crippen LogP contribution in [0.25, 0.3) is 16.5 Å². The molecular formula is C26H24N4O5. The van der Waals surface area contributed by atoms with Crippen molar-refractivity contribution in [2.45, 2.75) is 20.0 Å². The Balaban J connectivity index is 1.60. The van der Waals surface area contributed by atoms with Crippen LogP contribution >= 0.6 is 0 Å². The number of hydrogen-bond donors (Lipinski definition) is 2. The number of hydrogen-bond acceptors (Lipinski definition) is 6. The maximum absolute atomic E-state index is 13.0. The summed E-state index contributed by atoms with van der Waals surface area (Å²) in [4.78, 5) is 38.7. The molecule has 0 fully saturated rings. The molecule has 0 aliphatic rings. The summed E-state index contributed by atoms with van der Waals surface area (Å²) in [6.45, 7) is 3.77. The smallest absolute Gasteiger partial charge is 0.290 e. The van der Waals surface area contributed by atoms with Gasteiger partial charge in [-0.2, -0.15) is 9.78 Å². The van der Waals surface area contributed by atoms with Crippen molar-refractivity contribution in [3.05, 3.63) is 94.4 Å². The summed E-state index contributed by atoms with van der Waals surface area (Å²) in [7, 11) is 1.48. The lowest BCUT2D eigenvalue weighted by molar-refractivity contribution is 0.0844. The number of aromatic nitrogens is 2. The molecule has 9 heteroatoms. The number of benzene rings is 3. The van der Waals surface area contributed by atoms with Gasteiger partial charge in [-0.1, -0.05) is 36.4 Å². The zero-order chi connectivity index (χ0) is 24.9. The number of carbonyl (C=O) groups is 2. The highest BCUT2D eigenvalue weighted by molar-refractivity contribution is 6.06. The minimum Gasteiger partial charge on any atom is -0.493 e. The molecule has 3 aromatic carbocycles. The van der Waals surface area contributed by atoms with Gasteiger partial charge >= 0.3 is 0 Å². The van der Waals surface area contributed by atoms with Crippen LogP contribution in [-0.2, 0) is 0 Å². The molecule has 2 N–H and O–H groups in total. The molecular weight excluding hydrogens is 448 g/mol. The van der Waals surface area contributed by atoms with Crippen LogP contribution in [0.4, 0.5) is 0 Å². The second-order valence-corrected chi connectivity index (χ2v) is 7.89. The molecule has 35 heavy (non-hydrogen) atoms. The molecule has 1 aromatic heterocycles. The van der Waals surface area contributed by atoms with E-state index < -0.39 is 11.8 Å². The Hall–Kier alpha value is -4.66. The van der Waals surface area contributed by atoms with Gasteiger partial charge in [-0.25, -0.2) is 0 Å². The summed E-state index contributed by atoms with van der Waals surface area (Å²) < 4.78 is 12.1. The molecule has 0 saturated heterocycles. The fourth-order valence-corrected chi connectivity index (χ4v) is 3.51. The number of methoxy groups -OCH3 is 1. The predicted octanol–water partition coefficient (Wildman–Crippen LogP) is 3.26. The molecule has 0 radical (unpaired) electrons. The average molecular weight is 473 g/mol. The largest absolute Gasteiger partial charge is 0.493 e. The van der Waals surface area contributed by atoms with E-state index in [9.17, 15) is 14.4 Å². The third kappa shape index (κ3) is 4.98. The van der Waals surface area contributed by atoms with Crippen molar-refractivity contribution in [3.63, 3.8) is 0 Å². The van der Waals surface area contributed by atoms with Gasteiger partial charge in [0.1, 0.15) is 0 Å². The van der Waals surface area contributed by atoms with Crippen LogP contribution in [0, 0.1) is 0 Å². The standard InChI is InChI=1S/C26H24N4O5/c1-16(2)35-21-14-13-17(15-22(21)34-3)24(31)27-28-25(32)23-19-11-7-8-12-20(19)26(33)30(29-23)18-9-5-4-6-10-18/h4-16H,1-3H3,(H,27,31)(H,28,32). The Morgan fingerprint density at radius 3 is 2.20 bits per heavy atom. The Labute approximate surface area is 201 Å². The summed E-state index contributed by atoms with van der Waals surface area (Å²) >= 11 is 0. The van der Waals surface area contributed by atoms with E-state index in [0.29, 0.717) is 28.0 Å². The van der Waals surface area contributed by atoms with Crippen molar-refractivity contribution in [1.29, 1.82) is 0 Å². The molecule has 0 unspecified atom stereocenters. The number of carbonyl (C=O) groups excluding carboxylic acids is 2. The normalized spacial score (nSPS) is 10.7. The van der Waals surface area contributed by atoms with Crippen LogP contribution in [0.15, 0.2) is 77.6 Å². The van der Waals surface area contributed by atoms with Crippen LogP contribution in [-0.4, -0.2) is 34.8 Å². The van der Waals surface area contributed by atoms with Crippen molar-refractivity contribution in [2.24, 2.45) is 0 Å². The van der Waals surface area contributed by atoms with E-state index in [1.807, 2.05) is 19.9 Å². The highest BCUT2D eigenvalue weighted by Crippen LogP contribution is 2.29. The molecule has 9 nitrogen and oxygen atoms in total. The maximum Gasteiger partial charge on any atom is 0.290 e. The van der Waals surface area contributed by atoms with Gasteiger partial charge in [-0.05, 0) is 50.2 Å². The third-order valence-electron chi connectivity index (χ3n) is 5.10. The Kier molecular flexibility index (Phi) is 6.77.